The third kappa shape index (κ3) is 3.58. The van der Waals surface area contributed by atoms with Crippen molar-refractivity contribution in [2.24, 2.45) is 17.6 Å². The summed E-state index contributed by atoms with van der Waals surface area (Å²) in [6.07, 6.45) is 1.08. The molecule has 0 aliphatic carbocycles. The lowest BCUT2D eigenvalue weighted by Gasteiger charge is -2.15. The van der Waals surface area contributed by atoms with Crippen molar-refractivity contribution in [2.45, 2.75) is 40.0 Å². The lowest BCUT2D eigenvalue weighted by Crippen LogP contribution is -2.18. The van der Waals surface area contributed by atoms with Crippen LogP contribution in [0.5, 0.6) is 0 Å². The lowest BCUT2D eigenvalue weighted by molar-refractivity contribution is 0.496. The molecule has 1 atom stereocenters. The maximum absolute atomic E-state index is 5.78. The van der Waals surface area contributed by atoms with Gasteiger partial charge in [0.2, 0.25) is 0 Å². The van der Waals surface area contributed by atoms with E-state index in [2.05, 4.69) is 38.1 Å². The van der Waals surface area contributed by atoms with Crippen LogP contribution in [0, 0.1) is 11.8 Å². The standard InChI is InChI=1S/C12H22N2S/c1-8(2)5-12-14-11(7-15-12)10(6-13)9(3)4/h7-10H,5-6,13H2,1-4H3. The lowest BCUT2D eigenvalue weighted by atomic mass is 9.93. The van der Waals surface area contributed by atoms with Gasteiger partial charge in [-0.05, 0) is 11.8 Å². The Morgan fingerprint density at radius 2 is 2.00 bits per heavy atom. The van der Waals surface area contributed by atoms with Crippen LogP contribution in [0.3, 0.4) is 0 Å². The minimum atomic E-state index is 0.419. The SMILES string of the molecule is CC(C)Cc1nc(C(CN)C(C)C)cs1. The number of nitrogens with two attached hydrogens (primary N) is 1. The Morgan fingerprint density at radius 3 is 2.47 bits per heavy atom. The highest BCUT2D eigenvalue weighted by atomic mass is 32.1. The van der Waals surface area contributed by atoms with Crippen molar-refractivity contribution in [1.29, 1.82) is 0 Å². The monoisotopic (exact) mass is 226 g/mol. The maximum atomic E-state index is 5.78. The van der Waals surface area contributed by atoms with Crippen LogP contribution in [-0.4, -0.2) is 11.5 Å². The molecule has 0 bridgehead atoms. The highest BCUT2D eigenvalue weighted by molar-refractivity contribution is 7.09. The fourth-order valence-corrected chi connectivity index (χ4v) is 2.74. The van der Waals surface area contributed by atoms with E-state index in [1.807, 2.05) is 0 Å². The fourth-order valence-electron chi connectivity index (χ4n) is 1.67. The second-order valence-corrected chi connectivity index (χ2v) is 5.79. The maximum Gasteiger partial charge on any atom is 0.0930 e. The number of rotatable bonds is 5. The fraction of sp³-hybridized carbons (Fsp3) is 0.750. The number of hydrogen-bond acceptors (Lipinski definition) is 3. The third-order valence-corrected chi connectivity index (χ3v) is 3.48. The Labute approximate surface area is 96.9 Å². The van der Waals surface area contributed by atoms with Crippen LogP contribution < -0.4 is 5.73 Å². The number of nitrogens with zero attached hydrogens (tertiary/aromatic N) is 1. The van der Waals surface area contributed by atoms with Crippen LogP contribution in [0.15, 0.2) is 5.38 Å². The summed E-state index contributed by atoms with van der Waals surface area (Å²) in [6, 6.07) is 0. The second-order valence-electron chi connectivity index (χ2n) is 4.85. The van der Waals surface area contributed by atoms with E-state index >= 15 is 0 Å². The predicted octanol–water partition coefficient (Wildman–Crippen LogP) is 3.04. The zero-order chi connectivity index (χ0) is 11.4. The van der Waals surface area contributed by atoms with Gasteiger partial charge in [0.15, 0.2) is 0 Å². The van der Waals surface area contributed by atoms with Gasteiger partial charge in [-0.25, -0.2) is 4.98 Å². The molecule has 0 spiro atoms. The van der Waals surface area contributed by atoms with Crippen molar-refractivity contribution < 1.29 is 0 Å². The number of aromatic nitrogens is 1. The Balaban J connectivity index is 2.73. The average molecular weight is 226 g/mol. The summed E-state index contributed by atoms with van der Waals surface area (Å²) in [5.41, 5.74) is 6.97. The molecule has 86 valence electrons. The quantitative estimate of drug-likeness (QED) is 0.838. The molecule has 15 heavy (non-hydrogen) atoms. The third-order valence-electron chi connectivity index (χ3n) is 2.59. The van der Waals surface area contributed by atoms with Gasteiger partial charge >= 0.3 is 0 Å². The summed E-state index contributed by atoms with van der Waals surface area (Å²) < 4.78 is 0. The zero-order valence-corrected chi connectivity index (χ0v) is 11.0. The van der Waals surface area contributed by atoms with Gasteiger partial charge in [0, 0.05) is 24.3 Å². The van der Waals surface area contributed by atoms with Gasteiger partial charge in [-0.15, -0.1) is 11.3 Å². The predicted molar refractivity (Wildman–Crippen MR) is 67.3 cm³/mol. The minimum absolute atomic E-state index is 0.419. The van der Waals surface area contributed by atoms with Crippen molar-refractivity contribution >= 4 is 11.3 Å². The molecular formula is C12H22N2S. The highest BCUT2D eigenvalue weighted by Crippen LogP contribution is 2.25. The smallest absolute Gasteiger partial charge is 0.0930 e. The molecule has 1 heterocycles. The Bertz CT molecular complexity index is 292. The molecule has 1 aromatic rings. The van der Waals surface area contributed by atoms with Crippen LogP contribution >= 0.6 is 11.3 Å². The van der Waals surface area contributed by atoms with E-state index in [-0.39, 0.29) is 0 Å². The summed E-state index contributed by atoms with van der Waals surface area (Å²) in [5.74, 6) is 1.67. The summed E-state index contributed by atoms with van der Waals surface area (Å²) >= 11 is 1.77. The Hall–Kier alpha value is -0.410. The van der Waals surface area contributed by atoms with Gasteiger partial charge < -0.3 is 5.73 Å². The van der Waals surface area contributed by atoms with Crippen LogP contribution in [0.1, 0.15) is 44.3 Å². The van der Waals surface area contributed by atoms with Gasteiger partial charge in [0.25, 0.3) is 0 Å². The summed E-state index contributed by atoms with van der Waals surface area (Å²) in [4.78, 5) is 4.68. The molecule has 0 aromatic carbocycles. The van der Waals surface area contributed by atoms with Crippen LogP contribution in [0.25, 0.3) is 0 Å². The molecule has 0 aliphatic heterocycles. The zero-order valence-electron chi connectivity index (χ0n) is 10.2. The van der Waals surface area contributed by atoms with Crippen molar-refractivity contribution in [3.63, 3.8) is 0 Å². The van der Waals surface area contributed by atoms with E-state index < -0.39 is 0 Å². The van der Waals surface area contributed by atoms with E-state index in [1.54, 1.807) is 11.3 Å². The van der Waals surface area contributed by atoms with Gasteiger partial charge in [-0.3, -0.25) is 0 Å². The highest BCUT2D eigenvalue weighted by Gasteiger charge is 2.17. The first-order chi connectivity index (χ1) is 7.04. The molecule has 0 aliphatic rings. The molecule has 0 saturated heterocycles. The summed E-state index contributed by atoms with van der Waals surface area (Å²) in [6.45, 7) is 9.56. The van der Waals surface area contributed by atoms with Crippen LogP contribution in [-0.2, 0) is 6.42 Å². The Morgan fingerprint density at radius 1 is 1.33 bits per heavy atom. The molecule has 1 rings (SSSR count). The molecule has 0 radical (unpaired) electrons. The second kappa shape index (κ2) is 5.61. The van der Waals surface area contributed by atoms with Crippen molar-refractivity contribution in [1.82, 2.24) is 4.98 Å². The molecule has 0 fully saturated rings. The van der Waals surface area contributed by atoms with Crippen LogP contribution in [0.2, 0.25) is 0 Å². The van der Waals surface area contributed by atoms with E-state index in [0.29, 0.717) is 24.3 Å². The molecule has 3 heteroatoms. The number of thiazole rings is 1. The van der Waals surface area contributed by atoms with E-state index in [0.717, 1.165) is 6.42 Å². The van der Waals surface area contributed by atoms with Crippen molar-refractivity contribution in [3.8, 4) is 0 Å². The first-order valence-corrected chi connectivity index (χ1v) is 6.57. The number of hydrogen-bond donors (Lipinski definition) is 1. The molecule has 0 saturated carbocycles. The van der Waals surface area contributed by atoms with Gasteiger partial charge in [-0.1, -0.05) is 27.7 Å². The molecule has 2 N–H and O–H groups in total. The summed E-state index contributed by atoms with van der Waals surface area (Å²) in [7, 11) is 0. The van der Waals surface area contributed by atoms with E-state index in [9.17, 15) is 0 Å². The van der Waals surface area contributed by atoms with Gasteiger partial charge in [-0.2, -0.15) is 0 Å². The summed E-state index contributed by atoms with van der Waals surface area (Å²) in [5, 5.41) is 3.42. The molecular weight excluding hydrogens is 204 g/mol. The largest absolute Gasteiger partial charge is 0.330 e. The van der Waals surface area contributed by atoms with E-state index in [4.69, 9.17) is 5.73 Å². The minimum Gasteiger partial charge on any atom is -0.330 e. The topological polar surface area (TPSA) is 38.9 Å². The van der Waals surface area contributed by atoms with Gasteiger partial charge in [0.1, 0.15) is 0 Å². The first-order valence-electron chi connectivity index (χ1n) is 5.69. The molecule has 1 unspecified atom stereocenters. The van der Waals surface area contributed by atoms with Crippen LogP contribution in [0.4, 0.5) is 0 Å². The molecule has 2 nitrogen and oxygen atoms in total. The Kier molecular flexibility index (Phi) is 4.74. The van der Waals surface area contributed by atoms with E-state index in [1.165, 1.54) is 10.7 Å². The molecule has 1 aromatic heterocycles. The average Bonchev–Trinajstić information content (AvgIpc) is 2.52. The van der Waals surface area contributed by atoms with Crippen molar-refractivity contribution in [3.05, 3.63) is 16.1 Å². The van der Waals surface area contributed by atoms with Crippen molar-refractivity contribution in [2.75, 3.05) is 6.54 Å². The first kappa shape index (κ1) is 12.7. The normalized spacial score (nSPS) is 13.8. The molecule has 0 amide bonds. The van der Waals surface area contributed by atoms with Gasteiger partial charge in [0.05, 0.1) is 10.7 Å².